The summed E-state index contributed by atoms with van der Waals surface area (Å²) in [6.07, 6.45) is 2.20. The summed E-state index contributed by atoms with van der Waals surface area (Å²) >= 11 is 3.31. The molecule has 1 aliphatic heterocycles. The fourth-order valence-electron chi connectivity index (χ4n) is 2.15. The Morgan fingerprint density at radius 3 is 2.83 bits per heavy atom. The van der Waals surface area contributed by atoms with Gasteiger partial charge in [-0.05, 0) is 40.9 Å². The van der Waals surface area contributed by atoms with Gasteiger partial charge < -0.3 is 20.5 Å². The molecule has 8 heteroatoms. The third-order valence-electron chi connectivity index (χ3n) is 3.30. The van der Waals surface area contributed by atoms with Crippen LogP contribution in [0.4, 0.5) is 5.69 Å². The number of carboxylic acids is 1. The predicted molar refractivity (Wildman–Crippen MR) is 86.7 cm³/mol. The SMILES string of the molecule is O=C(O)CCCCCNC(=O)c1cc2c(cc1Br)NC(=O)CO2. The van der Waals surface area contributed by atoms with E-state index in [-0.39, 0.29) is 24.8 Å². The summed E-state index contributed by atoms with van der Waals surface area (Å²) in [5.74, 6) is -0.833. The minimum atomic E-state index is -0.806. The van der Waals surface area contributed by atoms with Gasteiger partial charge in [0, 0.05) is 17.4 Å². The highest BCUT2D eigenvalue weighted by atomic mass is 79.9. The Hall–Kier alpha value is -2.09. The van der Waals surface area contributed by atoms with Gasteiger partial charge >= 0.3 is 5.97 Å². The smallest absolute Gasteiger partial charge is 0.303 e. The van der Waals surface area contributed by atoms with Gasteiger partial charge in [0.25, 0.3) is 11.8 Å². The molecule has 124 valence electrons. The first-order valence-electron chi connectivity index (χ1n) is 7.23. The summed E-state index contributed by atoms with van der Waals surface area (Å²) in [4.78, 5) is 33.8. The molecule has 0 saturated carbocycles. The molecule has 2 rings (SSSR count). The van der Waals surface area contributed by atoms with Crippen LogP contribution in [0.15, 0.2) is 16.6 Å². The van der Waals surface area contributed by atoms with Crippen LogP contribution in [-0.4, -0.2) is 36.0 Å². The van der Waals surface area contributed by atoms with Crippen LogP contribution in [-0.2, 0) is 9.59 Å². The number of rotatable bonds is 7. The van der Waals surface area contributed by atoms with E-state index in [0.29, 0.717) is 40.9 Å². The number of carbonyl (C=O) groups is 3. The number of anilines is 1. The molecule has 0 aromatic heterocycles. The van der Waals surface area contributed by atoms with Crippen LogP contribution in [0.5, 0.6) is 5.75 Å². The second-order valence-electron chi connectivity index (χ2n) is 5.13. The van der Waals surface area contributed by atoms with Gasteiger partial charge in [0.15, 0.2) is 6.61 Å². The number of benzene rings is 1. The number of carbonyl (C=O) groups excluding carboxylic acids is 2. The molecule has 0 radical (unpaired) electrons. The van der Waals surface area contributed by atoms with Gasteiger partial charge in [-0.3, -0.25) is 14.4 Å². The summed E-state index contributed by atoms with van der Waals surface area (Å²) < 4.78 is 5.85. The molecule has 0 saturated heterocycles. The monoisotopic (exact) mass is 384 g/mol. The van der Waals surface area contributed by atoms with Crippen LogP contribution in [0.2, 0.25) is 0 Å². The number of nitrogens with one attached hydrogen (secondary N) is 2. The highest BCUT2D eigenvalue weighted by molar-refractivity contribution is 9.10. The average Bonchev–Trinajstić information content (AvgIpc) is 2.49. The van der Waals surface area contributed by atoms with Gasteiger partial charge in [-0.2, -0.15) is 0 Å². The minimum Gasteiger partial charge on any atom is -0.482 e. The number of ether oxygens (including phenoxy) is 1. The zero-order chi connectivity index (χ0) is 16.8. The molecular formula is C15H17BrN2O5. The normalized spacial score (nSPS) is 12.8. The fourth-order valence-corrected chi connectivity index (χ4v) is 2.67. The fraction of sp³-hybridized carbons (Fsp3) is 0.400. The minimum absolute atomic E-state index is 0.0702. The summed E-state index contributed by atoms with van der Waals surface area (Å²) in [6.45, 7) is 0.402. The average molecular weight is 385 g/mol. The van der Waals surface area contributed by atoms with E-state index in [1.165, 1.54) is 0 Å². The molecule has 0 atom stereocenters. The van der Waals surface area contributed by atoms with Crippen LogP contribution >= 0.6 is 15.9 Å². The topological polar surface area (TPSA) is 105 Å². The third-order valence-corrected chi connectivity index (χ3v) is 3.96. The largest absolute Gasteiger partial charge is 0.482 e. The Morgan fingerprint density at radius 2 is 2.09 bits per heavy atom. The van der Waals surface area contributed by atoms with Crippen molar-refractivity contribution in [3.05, 3.63) is 22.2 Å². The molecule has 0 fully saturated rings. The molecule has 0 spiro atoms. The third kappa shape index (κ3) is 4.95. The molecule has 1 heterocycles. The first kappa shape index (κ1) is 17.3. The Labute approximate surface area is 141 Å². The number of hydrogen-bond acceptors (Lipinski definition) is 4. The van der Waals surface area contributed by atoms with Crippen molar-refractivity contribution in [2.75, 3.05) is 18.5 Å². The number of aliphatic carboxylic acids is 1. The molecule has 2 amide bonds. The van der Waals surface area contributed by atoms with Gasteiger partial charge in [0.1, 0.15) is 5.75 Å². The van der Waals surface area contributed by atoms with Crippen molar-refractivity contribution in [3.63, 3.8) is 0 Å². The molecular weight excluding hydrogens is 368 g/mol. The first-order chi connectivity index (χ1) is 11.0. The van der Waals surface area contributed by atoms with Gasteiger partial charge in [-0.15, -0.1) is 0 Å². The summed E-state index contributed by atoms with van der Waals surface area (Å²) in [5, 5.41) is 14.0. The quantitative estimate of drug-likeness (QED) is 0.624. The maximum Gasteiger partial charge on any atom is 0.303 e. The van der Waals surface area contributed by atoms with Crippen molar-refractivity contribution in [1.82, 2.24) is 5.32 Å². The zero-order valence-corrected chi connectivity index (χ0v) is 13.9. The molecule has 1 aliphatic rings. The highest BCUT2D eigenvalue weighted by Gasteiger charge is 2.20. The number of amides is 2. The molecule has 0 bridgehead atoms. The van der Waals surface area contributed by atoms with Gasteiger partial charge in [-0.1, -0.05) is 6.42 Å². The Morgan fingerprint density at radius 1 is 1.30 bits per heavy atom. The first-order valence-corrected chi connectivity index (χ1v) is 8.03. The van der Waals surface area contributed by atoms with E-state index in [0.717, 1.165) is 6.42 Å². The van der Waals surface area contributed by atoms with Crippen molar-refractivity contribution >= 4 is 39.4 Å². The molecule has 0 aliphatic carbocycles. The number of hydrogen-bond donors (Lipinski definition) is 3. The van der Waals surface area contributed by atoms with Crippen molar-refractivity contribution < 1.29 is 24.2 Å². The second kappa shape index (κ2) is 7.96. The van der Waals surface area contributed by atoms with Gasteiger partial charge in [-0.25, -0.2) is 0 Å². The van der Waals surface area contributed by atoms with Crippen LogP contribution < -0.4 is 15.4 Å². The molecule has 0 unspecified atom stereocenters. The van der Waals surface area contributed by atoms with E-state index in [1.54, 1.807) is 12.1 Å². The van der Waals surface area contributed by atoms with Crippen LogP contribution in [0.1, 0.15) is 36.0 Å². The summed E-state index contributed by atoms with van der Waals surface area (Å²) in [7, 11) is 0. The molecule has 23 heavy (non-hydrogen) atoms. The van der Waals surface area contributed by atoms with E-state index in [1.807, 2.05) is 0 Å². The summed E-state index contributed by atoms with van der Waals surface area (Å²) in [6, 6.07) is 3.22. The molecule has 7 nitrogen and oxygen atoms in total. The van der Waals surface area contributed by atoms with Crippen molar-refractivity contribution in [2.24, 2.45) is 0 Å². The van der Waals surface area contributed by atoms with Crippen molar-refractivity contribution in [2.45, 2.75) is 25.7 Å². The Balaban J connectivity index is 1.87. The maximum absolute atomic E-state index is 12.2. The molecule has 3 N–H and O–H groups in total. The lowest BCUT2D eigenvalue weighted by Crippen LogP contribution is -2.27. The maximum atomic E-state index is 12.2. The number of fused-ring (bicyclic) bond motifs is 1. The van der Waals surface area contributed by atoms with Crippen LogP contribution in [0, 0.1) is 0 Å². The Bertz CT molecular complexity index is 633. The van der Waals surface area contributed by atoms with E-state index in [2.05, 4.69) is 26.6 Å². The number of carboxylic acid groups (broad SMARTS) is 1. The van der Waals surface area contributed by atoms with Gasteiger partial charge in [0.05, 0.1) is 11.3 Å². The zero-order valence-electron chi connectivity index (χ0n) is 12.4. The lowest BCUT2D eigenvalue weighted by Gasteiger charge is -2.19. The van der Waals surface area contributed by atoms with Crippen molar-refractivity contribution in [3.8, 4) is 5.75 Å². The van der Waals surface area contributed by atoms with E-state index in [9.17, 15) is 14.4 Å². The van der Waals surface area contributed by atoms with E-state index < -0.39 is 5.97 Å². The lowest BCUT2D eigenvalue weighted by molar-refractivity contribution is -0.137. The van der Waals surface area contributed by atoms with Crippen LogP contribution in [0.25, 0.3) is 0 Å². The molecule has 1 aromatic rings. The lowest BCUT2D eigenvalue weighted by atomic mass is 10.1. The van der Waals surface area contributed by atoms with Gasteiger partial charge in [0.2, 0.25) is 0 Å². The number of unbranched alkanes of at least 4 members (excludes halogenated alkanes) is 2. The van der Waals surface area contributed by atoms with E-state index in [4.69, 9.17) is 9.84 Å². The standard InChI is InChI=1S/C15H17BrN2O5/c16-10-7-11-12(23-8-13(19)18-11)6-9(10)15(22)17-5-3-1-2-4-14(20)21/h6-7H,1-5,8H2,(H,17,22)(H,18,19)(H,20,21). The molecule has 1 aromatic carbocycles. The Kier molecular flexibility index (Phi) is 5.97. The predicted octanol–water partition coefficient (Wildman–Crippen LogP) is 2.15. The van der Waals surface area contributed by atoms with Crippen molar-refractivity contribution in [1.29, 1.82) is 0 Å². The second-order valence-corrected chi connectivity index (χ2v) is 5.98. The number of halogens is 1. The summed E-state index contributed by atoms with van der Waals surface area (Å²) in [5.41, 5.74) is 0.948. The van der Waals surface area contributed by atoms with E-state index >= 15 is 0 Å². The highest BCUT2D eigenvalue weighted by Crippen LogP contribution is 2.33. The van der Waals surface area contributed by atoms with Crippen LogP contribution in [0.3, 0.4) is 0 Å².